The fraction of sp³-hybridized carbons (Fsp3) is 0.310. The lowest BCUT2D eigenvalue weighted by atomic mass is 10.0. The molecule has 0 aliphatic rings. The number of nitrogens with one attached hydrogen (secondary N) is 1. The highest BCUT2D eigenvalue weighted by atomic mass is 79.9. The molecule has 0 saturated carbocycles. The van der Waals surface area contributed by atoms with Crippen LogP contribution in [0.3, 0.4) is 0 Å². The van der Waals surface area contributed by atoms with Gasteiger partial charge in [0.2, 0.25) is 11.8 Å². The highest BCUT2D eigenvalue weighted by Crippen LogP contribution is 2.23. The fourth-order valence-electron chi connectivity index (χ4n) is 4.08. The third-order valence-electron chi connectivity index (χ3n) is 6.20. The number of carbonyl (C=O) groups is 2. The van der Waals surface area contributed by atoms with Gasteiger partial charge in [-0.1, -0.05) is 65.3 Å². The second kappa shape index (κ2) is 14.4. The Bertz CT molecular complexity index is 1390. The van der Waals surface area contributed by atoms with Crippen LogP contribution in [0.4, 0.5) is 10.1 Å². The van der Waals surface area contributed by atoms with Crippen LogP contribution < -0.4 is 9.62 Å². The molecule has 1 N–H and O–H groups in total. The SMILES string of the molecule is CCCNC(=O)C(Cc1ccccc1)N(Cc1cccc(Br)c1)C(=O)CN(c1ccc(F)cc1)S(=O)(=O)N(C)C. The molecule has 11 heteroatoms. The topological polar surface area (TPSA) is 90.0 Å². The molecule has 8 nitrogen and oxygen atoms in total. The van der Waals surface area contributed by atoms with E-state index in [-0.39, 0.29) is 24.6 Å². The van der Waals surface area contributed by atoms with Crippen LogP contribution in [0.25, 0.3) is 0 Å². The maximum absolute atomic E-state index is 14.1. The molecule has 3 aromatic rings. The smallest absolute Gasteiger partial charge is 0.304 e. The largest absolute Gasteiger partial charge is 0.354 e. The van der Waals surface area contributed by atoms with Crippen LogP contribution in [0.5, 0.6) is 0 Å². The average molecular weight is 634 g/mol. The van der Waals surface area contributed by atoms with Gasteiger partial charge in [0, 0.05) is 38.1 Å². The van der Waals surface area contributed by atoms with E-state index in [0.29, 0.717) is 13.0 Å². The predicted molar refractivity (Wildman–Crippen MR) is 158 cm³/mol. The van der Waals surface area contributed by atoms with Gasteiger partial charge in [-0.2, -0.15) is 12.7 Å². The molecule has 0 saturated heterocycles. The third-order valence-corrected chi connectivity index (χ3v) is 8.51. The molecule has 40 heavy (non-hydrogen) atoms. The van der Waals surface area contributed by atoms with E-state index >= 15 is 0 Å². The molecule has 0 radical (unpaired) electrons. The number of hydrogen-bond donors (Lipinski definition) is 1. The van der Waals surface area contributed by atoms with Crippen LogP contribution in [0, 0.1) is 5.82 Å². The van der Waals surface area contributed by atoms with Gasteiger partial charge in [0.15, 0.2) is 0 Å². The number of benzene rings is 3. The molecular weight excluding hydrogens is 599 g/mol. The van der Waals surface area contributed by atoms with Gasteiger partial charge < -0.3 is 10.2 Å². The Balaban J connectivity index is 2.07. The molecule has 0 heterocycles. The molecule has 0 aromatic heterocycles. The summed E-state index contributed by atoms with van der Waals surface area (Å²) in [7, 11) is -1.44. The second-order valence-electron chi connectivity index (χ2n) is 9.42. The molecule has 1 atom stereocenters. The van der Waals surface area contributed by atoms with Crippen LogP contribution >= 0.6 is 15.9 Å². The number of nitrogens with zero attached hydrogens (tertiary/aromatic N) is 3. The summed E-state index contributed by atoms with van der Waals surface area (Å²) in [6.45, 7) is 1.84. The normalized spacial score (nSPS) is 12.2. The first-order chi connectivity index (χ1) is 19.0. The molecule has 1 unspecified atom stereocenters. The van der Waals surface area contributed by atoms with Gasteiger partial charge in [0.05, 0.1) is 5.69 Å². The maximum atomic E-state index is 14.1. The molecule has 3 rings (SSSR count). The molecule has 0 fully saturated rings. The molecule has 3 aromatic carbocycles. The van der Waals surface area contributed by atoms with E-state index in [4.69, 9.17) is 0 Å². The molecule has 2 amide bonds. The molecule has 0 bridgehead atoms. The summed E-state index contributed by atoms with van der Waals surface area (Å²) in [5.41, 5.74) is 1.73. The summed E-state index contributed by atoms with van der Waals surface area (Å²) in [6, 6.07) is 20.7. The van der Waals surface area contributed by atoms with E-state index in [2.05, 4.69) is 21.2 Å². The summed E-state index contributed by atoms with van der Waals surface area (Å²) < 4.78 is 43.0. The van der Waals surface area contributed by atoms with Crippen molar-refractivity contribution in [2.75, 3.05) is 31.5 Å². The van der Waals surface area contributed by atoms with E-state index in [1.54, 1.807) is 0 Å². The number of amides is 2. The second-order valence-corrected chi connectivity index (χ2v) is 12.4. The molecular formula is C29H34BrFN4O4S. The average Bonchev–Trinajstić information content (AvgIpc) is 2.93. The fourth-order valence-corrected chi connectivity index (χ4v) is 5.58. The third kappa shape index (κ3) is 8.36. The Morgan fingerprint density at radius 3 is 2.20 bits per heavy atom. The van der Waals surface area contributed by atoms with Crippen molar-refractivity contribution in [2.24, 2.45) is 0 Å². The van der Waals surface area contributed by atoms with E-state index < -0.39 is 34.5 Å². The maximum Gasteiger partial charge on any atom is 0.304 e. The molecule has 0 spiro atoms. The van der Waals surface area contributed by atoms with Gasteiger partial charge in [-0.15, -0.1) is 0 Å². The van der Waals surface area contributed by atoms with Crippen LogP contribution in [-0.2, 0) is 32.8 Å². The van der Waals surface area contributed by atoms with Crippen LogP contribution in [0.2, 0.25) is 0 Å². The molecule has 0 aliphatic heterocycles. The standard InChI is InChI=1S/C29H34BrFN4O4S/c1-4-17-32-29(37)27(19-22-9-6-5-7-10-22)34(20-23-11-8-12-24(30)18-23)28(36)21-35(40(38,39)33(2)3)26-15-13-25(31)14-16-26/h5-16,18,27H,4,17,19-21H2,1-3H3,(H,32,37). The van der Waals surface area contributed by atoms with Crippen LogP contribution in [-0.4, -0.2) is 62.7 Å². The van der Waals surface area contributed by atoms with Crippen molar-refractivity contribution in [1.29, 1.82) is 0 Å². The van der Waals surface area contributed by atoms with Gasteiger partial charge in [0.1, 0.15) is 18.4 Å². The van der Waals surface area contributed by atoms with Gasteiger partial charge in [-0.3, -0.25) is 9.59 Å². The minimum absolute atomic E-state index is 0.0641. The zero-order valence-corrected chi connectivity index (χ0v) is 25.2. The first kappa shape index (κ1) is 31.3. The Labute approximate surface area is 244 Å². The lowest BCUT2D eigenvalue weighted by Crippen LogP contribution is -2.54. The van der Waals surface area contributed by atoms with Crippen molar-refractivity contribution in [3.05, 3.63) is 100 Å². The van der Waals surface area contributed by atoms with Crippen molar-refractivity contribution in [3.8, 4) is 0 Å². The van der Waals surface area contributed by atoms with Crippen molar-refractivity contribution < 1.29 is 22.4 Å². The predicted octanol–water partition coefficient (Wildman–Crippen LogP) is 4.37. The highest BCUT2D eigenvalue weighted by Gasteiger charge is 2.34. The molecule has 214 valence electrons. The summed E-state index contributed by atoms with van der Waals surface area (Å²) in [5, 5.41) is 2.90. The van der Waals surface area contributed by atoms with Gasteiger partial charge in [-0.05, 0) is 53.9 Å². The highest BCUT2D eigenvalue weighted by molar-refractivity contribution is 9.10. The lowest BCUT2D eigenvalue weighted by molar-refractivity contribution is -0.140. The first-order valence-corrected chi connectivity index (χ1v) is 15.0. The Morgan fingerprint density at radius 1 is 0.950 bits per heavy atom. The van der Waals surface area contributed by atoms with Crippen molar-refractivity contribution in [1.82, 2.24) is 14.5 Å². The summed E-state index contributed by atoms with van der Waals surface area (Å²) in [5.74, 6) is -1.45. The number of anilines is 1. The summed E-state index contributed by atoms with van der Waals surface area (Å²) in [6.07, 6.45) is 0.940. The Hall–Kier alpha value is -3.28. The quantitative estimate of drug-likeness (QED) is 0.303. The van der Waals surface area contributed by atoms with Crippen molar-refractivity contribution >= 4 is 43.6 Å². The van der Waals surface area contributed by atoms with Crippen LogP contribution in [0.1, 0.15) is 24.5 Å². The van der Waals surface area contributed by atoms with Gasteiger partial charge in [-0.25, -0.2) is 8.70 Å². The summed E-state index contributed by atoms with van der Waals surface area (Å²) in [4.78, 5) is 29.0. The molecule has 0 aliphatic carbocycles. The van der Waals surface area contributed by atoms with E-state index in [9.17, 15) is 22.4 Å². The summed E-state index contributed by atoms with van der Waals surface area (Å²) >= 11 is 3.46. The Morgan fingerprint density at radius 2 is 1.60 bits per heavy atom. The van der Waals surface area contributed by atoms with Gasteiger partial charge in [0.25, 0.3) is 0 Å². The lowest BCUT2D eigenvalue weighted by Gasteiger charge is -2.34. The zero-order chi connectivity index (χ0) is 29.3. The van der Waals surface area contributed by atoms with E-state index in [1.807, 2.05) is 61.5 Å². The van der Waals surface area contributed by atoms with Crippen LogP contribution in [0.15, 0.2) is 83.3 Å². The van der Waals surface area contributed by atoms with E-state index in [1.165, 1.54) is 31.1 Å². The minimum Gasteiger partial charge on any atom is -0.354 e. The van der Waals surface area contributed by atoms with E-state index in [0.717, 1.165) is 36.3 Å². The first-order valence-electron chi connectivity index (χ1n) is 12.8. The zero-order valence-electron chi connectivity index (χ0n) is 22.8. The van der Waals surface area contributed by atoms with Gasteiger partial charge >= 0.3 is 10.2 Å². The monoisotopic (exact) mass is 632 g/mol. The number of rotatable bonds is 13. The van der Waals surface area contributed by atoms with Crippen molar-refractivity contribution in [2.45, 2.75) is 32.4 Å². The number of hydrogen-bond acceptors (Lipinski definition) is 4. The number of carbonyl (C=O) groups excluding carboxylic acids is 2. The number of halogens is 2. The Kier molecular flexibility index (Phi) is 11.2. The van der Waals surface area contributed by atoms with Crippen molar-refractivity contribution in [3.63, 3.8) is 0 Å². The minimum atomic E-state index is -4.14.